The first-order chi connectivity index (χ1) is 4.95. The van der Waals surface area contributed by atoms with Crippen LogP contribution in [0.3, 0.4) is 0 Å². The fourth-order valence-electron chi connectivity index (χ4n) is 0.444. The van der Waals surface area contributed by atoms with Crippen molar-refractivity contribution in [2.24, 2.45) is 0 Å². The van der Waals surface area contributed by atoms with Gasteiger partial charge in [-0.15, -0.1) is 0 Å². The van der Waals surface area contributed by atoms with E-state index in [0.717, 1.165) is 0 Å². The van der Waals surface area contributed by atoms with Gasteiger partial charge in [-0.25, -0.2) is 4.79 Å². The highest BCUT2D eigenvalue weighted by Gasteiger charge is 2.12. The highest BCUT2D eigenvalue weighted by molar-refractivity contribution is 5.73. The minimum atomic E-state index is -0.515. The van der Waals surface area contributed by atoms with Crippen LogP contribution in [-0.4, -0.2) is 42.3 Å². The first-order valence-corrected chi connectivity index (χ1v) is 3.61. The standard InChI is InChI=1S/C7H16N2O2/c1-5(6(2)10)8-7(11)9(3)4/h5-6,10H,1-4H3,(H,8,11). The number of hydrogen-bond donors (Lipinski definition) is 2. The van der Waals surface area contributed by atoms with E-state index in [1.54, 1.807) is 27.9 Å². The van der Waals surface area contributed by atoms with E-state index < -0.39 is 6.10 Å². The molecule has 2 unspecified atom stereocenters. The van der Waals surface area contributed by atoms with E-state index in [1.807, 2.05) is 0 Å². The van der Waals surface area contributed by atoms with Gasteiger partial charge in [-0.3, -0.25) is 0 Å². The summed E-state index contributed by atoms with van der Waals surface area (Å²) in [6, 6.07) is -0.386. The van der Waals surface area contributed by atoms with Crippen molar-refractivity contribution in [1.82, 2.24) is 10.2 Å². The highest BCUT2D eigenvalue weighted by atomic mass is 16.3. The zero-order chi connectivity index (χ0) is 9.02. The summed E-state index contributed by atoms with van der Waals surface area (Å²) in [6.07, 6.45) is -0.515. The van der Waals surface area contributed by atoms with E-state index in [-0.39, 0.29) is 12.1 Å². The maximum Gasteiger partial charge on any atom is 0.317 e. The molecule has 2 N–H and O–H groups in total. The van der Waals surface area contributed by atoms with Crippen molar-refractivity contribution < 1.29 is 9.90 Å². The van der Waals surface area contributed by atoms with Crippen molar-refractivity contribution in [3.63, 3.8) is 0 Å². The average Bonchev–Trinajstić information content (AvgIpc) is 1.87. The van der Waals surface area contributed by atoms with Crippen molar-refractivity contribution in [3.05, 3.63) is 0 Å². The van der Waals surface area contributed by atoms with Crippen LogP contribution in [0.15, 0.2) is 0 Å². The quantitative estimate of drug-likeness (QED) is 0.598. The van der Waals surface area contributed by atoms with Crippen LogP contribution in [-0.2, 0) is 0 Å². The van der Waals surface area contributed by atoms with Gasteiger partial charge in [0.1, 0.15) is 0 Å². The predicted octanol–water partition coefficient (Wildman–Crippen LogP) is 0.0269. The SMILES string of the molecule is CC(O)C(C)NC(=O)N(C)C. The molecule has 0 radical (unpaired) electrons. The molecule has 0 aromatic rings. The lowest BCUT2D eigenvalue weighted by atomic mass is 10.2. The van der Waals surface area contributed by atoms with E-state index in [4.69, 9.17) is 5.11 Å². The molecule has 0 rings (SSSR count). The Bertz CT molecular complexity index is 134. The van der Waals surface area contributed by atoms with Gasteiger partial charge in [0.2, 0.25) is 0 Å². The molecule has 0 bridgehead atoms. The lowest BCUT2D eigenvalue weighted by molar-refractivity contribution is 0.147. The number of rotatable bonds is 2. The molecule has 0 spiro atoms. The molecular weight excluding hydrogens is 144 g/mol. The number of aliphatic hydroxyl groups is 1. The van der Waals surface area contributed by atoms with Gasteiger partial charge in [0, 0.05) is 14.1 Å². The second kappa shape index (κ2) is 4.18. The Morgan fingerprint density at radius 2 is 1.91 bits per heavy atom. The van der Waals surface area contributed by atoms with Crippen molar-refractivity contribution >= 4 is 6.03 Å². The number of carbonyl (C=O) groups excluding carboxylic acids is 1. The molecule has 0 aliphatic heterocycles. The summed E-state index contributed by atoms with van der Waals surface area (Å²) >= 11 is 0. The molecule has 4 heteroatoms. The summed E-state index contributed by atoms with van der Waals surface area (Å²) in [7, 11) is 3.31. The van der Waals surface area contributed by atoms with E-state index >= 15 is 0 Å². The molecule has 66 valence electrons. The van der Waals surface area contributed by atoms with Crippen molar-refractivity contribution in [1.29, 1.82) is 0 Å². The van der Waals surface area contributed by atoms with Crippen LogP contribution in [0.5, 0.6) is 0 Å². The van der Waals surface area contributed by atoms with Gasteiger partial charge in [0.25, 0.3) is 0 Å². The van der Waals surface area contributed by atoms with E-state index in [2.05, 4.69) is 5.32 Å². The van der Waals surface area contributed by atoms with E-state index in [9.17, 15) is 4.79 Å². The predicted molar refractivity (Wildman–Crippen MR) is 43.4 cm³/mol. The van der Waals surface area contributed by atoms with Gasteiger partial charge >= 0.3 is 6.03 Å². The monoisotopic (exact) mass is 160 g/mol. The van der Waals surface area contributed by atoms with Crippen LogP contribution in [0.25, 0.3) is 0 Å². The van der Waals surface area contributed by atoms with Gasteiger partial charge < -0.3 is 15.3 Å². The van der Waals surface area contributed by atoms with Crippen LogP contribution < -0.4 is 5.32 Å². The number of urea groups is 1. The maximum absolute atomic E-state index is 11.0. The fraction of sp³-hybridized carbons (Fsp3) is 0.857. The summed E-state index contributed by atoms with van der Waals surface area (Å²) in [5.74, 6) is 0. The van der Waals surface area contributed by atoms with Gasteiger partial charge in [-0.2, -0.15) is 0 Å². The summed E-state index contributed by atoms with van der Waals surface area (Å²) in [6.45, 7) is 3.40. The molecule has 0 aromatic heterocycles. The second-order valence-electron chi connectivity index (χ2n) is 2.87. The first kappa shape index (κ1) is 10.2. The maximum atomic E-state index is 11.0. The largest absolute Gasteiger partial charge is 0.391 e. The molecule has 0 fully saturated rings. The van der Waals surface area contributed by atoms with Gasteiger partial charge in [0.05, 0.1) is 12.1 Å². The van der Waals surface area contributed by atoms with Crippen molar-refractivity contribution in [2.45, 2.75) is 26.0 Å². The van der Waals surface area contributed by atoms with Crippen LogP contribution in [0, 0.1) is 0 Å². The molecule has 0 saturated heterocycles. The fourth-order valence-corrected chi connectivity index (χ4v) is 0.444. The number of carbonyl (C=O) groups is 1. The molecule has 2 amide bonds. The molecule has 0 heterocycles. The third-order valence-electron chi connectivity index (χ3n) is 1.48. The summed E-state index contributed by atoms with van der Waals surface area (Å²) in [5.41, 5.74) is 0. The van der Waals surface area contributed by atoms with Gasteiger partial charge in [-0.05, 0) is 13.8 Å². The molecular formula is C7H16N2O2. The molecule has 2 atom stereocenters. The number of nitrogens with zero attached hydrogens (tertiary/aromatic N) is 1. The Balaban J connectivity index is 3.76. The molecule has 4 nitrogen and oxygen atoms in total. The number of hydrogen-bond acceptors (Lipinski definition) is 2. The average molecular weight is 160 g/mol. The minimum absolute atomic E-state index is 0.182. The summed E-state index contributed by atoms with van der Waals surface area (Å²) in [4.78, 5) is 12.4. The van der Waals surface area contributed by atoms with Gasteiger partial charge in [-0.1, -0.05) is 0 Å². The molecule has 0 aliphatic rings. The lowest BCUT2D eigenvalue weighted by Gasteiger charge is -2.19. The highest BCUT2D eigenvalue weighted by Crippen LogP contribution is 1.91. The smallest absolute Gasteiger partial charge is 0.317 e. The first-order valence-electron chi connectivity index (χ1n) is 3.61. The number of aliphatic hydroxyl groups excluding tert-OH is 1. The van der Waals surface area contributed by atoms with Crippen LogP contribution in [0.1, 0.15) is 13.8 Å². The Hall–Kier alpha value is -0.770. The second-order valence-corrected chi connectivity index (χ2v) is 2.87. The molecule has 11 heavy (non-hydrogen) atoms. The lowest BCUT2D eigenvalue weighted by Crippen LogP contribution is -2.44. The number of amides is 2. The summed E-state index contributed by atoms with van der Waals surface area (Å²) < 4.78 is 0. The molecule has 0 aromatic carbocycles. The normalized spacial score (nSPS) is 15.4. The van der Waals surface area contributed by atoms with Crippen LogP contribution >= 0.6 is 0 Å². The Morgan fingerprint density at radius 3 is 2.18 bits per heavy atom. The van der Waals surface area contributed by atoms with Crippen LogP contribution in [0.4, 0.5) is 4.79 Å². The van der Waals surface area contributed by atoms with Crippen molar-refractivity contribution in [3.8, 4) is 0 Å². The Labute approximate surface area is 67.2 Å². The molecule has 0 aliphatic carbocycles. The third kappa shape index (κ3) is 3.83. The summed E-state index contributed by atoms with van der Waals surface area (Å²) in [5, 5.41) is 11.6. The van der Waals surface area contributed by atoms with Crippen LogP contribution in [0.2, 0.25) is 0 Å². The Kier molecular flexibility index (Phi) is 3.89. The zero-order valence-electron chi connectivity index (χ0n) is 7.46. The number of nitrogens with one attached hydrogen (secondary N) is 1. The van der Waals surface area contributed by atoms with E-state index in [1.165, 1.54) is 4.90 Å². The van der Waals surface area contributed by atoms with E-state index in [0.29, 0.717) is 0 Å². The van der Waals surface area contributed by atoms with Gasteiger partial charge in [0.15, 0.2) is 0 Å². The third-order valence-corrected chi connectivity index (χ3v) is 1.48. The zero-order valence-corrected chi connectivity index (χ0v) is 7.46. The van der Waals surface area contributed by atoms with Crippen molar-refractivity contribution in [2.75, 3.05) is 14.1 Å². The topological polar surface area (TPSA) is 52.6 Å². The Morgan fingerprint density at radius 1 is 1.45 bits per heavy atom. The molecule has 0 saturated carbocycles. The minimum Gasteiger partial charge on any atom is -0.391 e.